The number of hydrogen-bond acceptors (Lipinski definition) is 6. The molecule has 0 aliphatic carbocycles. The molecule has 0 spiro atoms. The van der Waals surface area contributed by atoms with Gasteiger partial charge in [0.05, 0.1) is 0 Å². The quantitative estimate of drug-likeness (QED) is 0.357. The SMILES string of the molecule is N#CO.N#CO.Oc1ccc2ccccc2c1-c1c(O)ccc2ccccc12. The van der Waals surface area contributed by atoms with E-state index < -0.39 is 0 Å². The molecule has 0 amide bonds. The van der Waals surface area contributed by atoms with Crippen molar-refractivity contribution in [1.29, 1.82) is 10.5 Å². The number of rotatable bonds is 1. The van der Waals surface area contributed by atoms with E-state index in [2.05, 4.69) is 0 Å². The van der Waals surface area contributed by atoms with Gasteiger partial charge in [0, 0.05) is 11.1 Å². The van der Waals surface area contributed by atoms with Crippen molar-refractivity contribution in [2.24, 2.45) is 0 Å². The third kappa shape index (κ3) is 4.04. The third-order valence-corrected chi connectivity index (χ3v) is 4.06. The molecule has 0 saturated carbocycles. The first-order chi connectivity index (χ1) is 13.6. The van der Waals surface area contributed by atoms with E-state index in [1.807, 2.05) is 60.7 Å². The topological polar surface area (TPSA) is 128 Å². The summed E-state index contributed by atoms with van der Waals surface area (Å²) < 4.78 is 0. The predicted octanol–water partition coefficient (Wildman–Crippen LogP) is 4.75. The van der Waals surface area contributed by atoms with Crippen LogP contribution in [0, 0.1) is 23.0 Å². The van der Waals surface area contributed by atoms with Crippen LogP contribution < -0.4 is 0 Å². The highest BCUT2D eigenvalue weighted by atomic mass is 16.3. The minimum absolute atomic E-state index is 0.172. The summed E-state index contributed by atoms with van der Waals surface area (Å²) in [6.45, 7) is 0. The first-order valence-corrected chi connectivity index (χ1v) is 8.07. The van der Waals surface area contributed by atoms with Crippen LogP contribution in [0.15, 0.2) is 72.8 Å². The largest absolute Gasteiger partial charge is 0.507 e. The highest BCUT2D eigenvalue weighted by Crippen LogP contribution is 2.44. The van der Waals surface area contributed by atoms with Crippen LogP contribution in [-0.4, -0.2) is 20.4 Å². The zero-order valence-corrected chi connectivity index (χ0v) is 14.6. The van der Waals surface area contributed by atoms with E-state index in [-0.39, 0.29) is 11.5 Å². The van der Waals surface area contributed by atoms with Gasteiger partial charge in [0.2, 0.25) is 0 Å². The fourth-order valence-corrected chi connectivity index (χ4v) is 3.05. The molecule has 4 rings (SSSR count). The Balaban J connectivity index is 0.000000418. The van der Waals surface area contributed by atoms with Crippen LogP contribution in [0.5, 0.6) is 11.5 Å². The smallest absolute Gasteiger partial charge is 0.283 e. The summed E-state index contributed by atoms with van der Waals surface area (Å²) in [6, 6.07) is 22.9. The minimum atomic E-state index is 0.172. The van der Waals surface area contributed by atoms with E-state index in [1.165, 1.54) is 0 Å². The van der Waals surface area contributed by atoms with E-state index in [0.717, 1.165) is 34.1 Å². The van der Waals surface area contributed by atoms with Gasteiger partial charge in [0.1, 0.15) is 11.5 Å². The van der Waals surface area contributed by atoms with Gasteiger partial charge in [-0.1, -0.05) is 60.7 Å². The number of nitrogens with zero attached hydrogens (tertiary/aromatic N) is 2. The average Bonchev–Trinajstić information content (AvgIpc) is 2.70. The van der Waals surface area contributed by atoms with Crippen LogP contribution in [0.25, 0.3) is 32.7 Å². The average molecular weight is 372 g/mol. The van der Waals surface area contributed by atoms with Crippen molar-refractivity contribution in [3.63, 3.8) is 0 Å². The molecule has 28 heavy (non-hydrogen) atoms. The third-order valence-electron chi connectivity index (χ3n) is 4.06. The summed E-state index contributed by atoms with van der Waals surface area (Å²) in [4.78, 5) is 0. The summed E-state index contributed by atoms with van der Waals surface area (Å²) >= 11 is 0. The molecule has 0 fully saturated rings. The first kappa shape index (κ1) is 19.9. The number of aromatic hydroxyl groups is 2. The standard InChI is InChI=1S/C20H14O2.2CHNO/c21-17-11-9-13-5-1-3-7-15(13)19(17)20-16-8-4-2-6-14(16)10-12-18(20)22;2*2-1-3/h1-12,21-22H;2*3H. The second-order valence-electron chi connectivity index (χ2n) is 5.56. The van der Waals surface area contributed by atoms with E-state index in [4.69, 9.17) is 20.7 Å². The fraction of sp³-hybridized carbons (Fsp3) is 0. The maximum absolute atomic E-state index is 10.4. The van der Waals surface area contributed by atoms with Crippen LogP contribution >= 0.6 is 0 Å². The number of fused-ring (bicyclic) bond motifs is 2. The summed E-state index contributed by atoms with van der Waals surface area (Å²) in [5.41, 5.74) is 1.35. The molecule has 6 nitrogen and oxygen atoms in total. The molecule has 0 aliphatic rings. The Morgan fingerprint density at radius 2 is 0.857 bits per heavy atom. The molecule has 0 atom stereocenters. The normalized spacial score (nSPS) is 9.21. The van der Waals surface area contributed by atoms with Gasteiger partial charge in [-0.3, -0.25) is 0 Å². The number of phenolic OH excluding ortho intramolecular Hbond substituents is 2. The lowest BCUT2D eigenvalue weighted by Gasteiger charge is -2.14. The first-order valence-electron chi connectivity index (χ1n) is 8.07. The van der Waals surface area contributed by atoms with Crippen LogP contribution in [0.4, 0.5) is 0 Å². The number of nitriles is 2. The molecule has 0 bridgehead atoms. The van der Waals surface area contributed by atoms with E-state index in [1.54, 1.807) is 12.1 Å². The molecule has 138 valence electrons. The molecule has 4 N–H and O–H groups in total. The van der Waals surface area contributed by atoms with Gasteiger partial charge in [-0.25, -0.2) is 0 Å². The maximum atomic E-state index is 10.4. The van der Waals surface area contributed by atoms with Crippen molar-refractivity contribution in [2.75, 3.05) is 0 Å². The lowest BCUT2D eigenvalue weighted by molar-refractivity contribution is 0.470. The van der Waals surface area contributed by atoms with Crippen molar-refractivity contribution in [3.8, 4) is 35.1 Å². The second-order valence-corrected chi connectivity index (χ2v) is 5.56. The van der Waals surface area contributed by atoms with Gasteiger partial charge in [-0.2, -0.15) is 10.5 Å². The van der Waals surface area contributed by atoms with Gasteiger partial charge < -0.3 is 20.4 Å². The molecular formula is C22H16N2O4. The van der Waals surface area contributed by atoms with Crippen molar-refractivity contribution >= 4 is 21.5 Å². The Kier molecular flexibility index (Phi) is 6.63. The van der Waals surface area contributed by atoms with Crippen LogP contribution in [0.3, 0.4) is 0 Å². The van der Waals surface area contributed by atoms with Gasteiger partial charge in [-0.15, -0.1) is 0 Å². The summed E-state index contributed by atoms with van der Waals surface area (Å²) in [6.07, 6.45) is 1.50. The molecule has 0 heterocycles. The summed E-state index contributed by atoms with van der Waals surface area (Å²) in [5, 5.41) is 52.3. The van der Waals surface area contributed by atoms with Crippen LogP contribution in [0.2, 0.25) is 0 Å². The zero-order chi connectivity index (χ0) is 20.5. The highest BCUT2D eigenvalue weighted by molar-refractivity contribution is 6.09. The van der Waals surface area contributed by atoms with Gasteiger partial charge >= 0.3 is 0 Å². The molecule has 0 unspecified atom stereocenters. The maximum Gasteiger partial charge on any atom is 0.283 e. The Hall–Kier alpha value is -4.42. The number of aliphatic hydroxyl groups is 2. The summed E-state index contributed by atoms with van der Waals surface area (Å²) in [5.74, 6) is 0.343. The molecule has 6 heteroatoms. The van der Waals surface area contributed by atoms with Gasteiger partial charge in [-0.05, 0) is 33.7 Å². The van der Waals surface area contributed by atoms with Crippen molar-refractivity contribution in [1.82, 2.24) is 0 Å². The fourth-order valence-electron chi connectivity index (χ4n) is 3.05. The summed E-state index contributed by atoms with van der Waals surface area (Å²) in [7, 11) is 0. The molecular weight excluding hydrogens is 356 g/mol. The van der Waals surface area contributed by atoms with Crippen molar-refractivity contribution in [3.05, 3.63) is 72.8 Å². The van der Waals surface area contributed by atoms with Gasteiger partial charge in [0.15, 0.2) is 0 Å². The molecule has 0 saturated heterocycles. The second kappa shape index (κ2) is 9.33. The molecule has 0 radical (unpaired) electrons. The molecule has 4 aromatic carbocycles. The van der Waals surface area contributed by atoms with E-state index >= 15 is 0 Å². The van der Waals surface area contributed by atoms with Crippen molar-refractivity contribution < 1.29 is 20.4 Å². The molecule has 0 aliphatic heterocycles. The number of hydrogen-bond donors (Lipinski definition) is 4. The van der Waals surface area contributed by atoms with Gasteiger partial charge in [0.25, 0.3) is 12.5 Å². The number of phenols is 2. The monoisotopic (exact) mass is 372 g/mol. The zero-order valence-electron chi connectivity index (χ0n) is 14.6. The predicted molar refractivity (Wildman–Crippen MR) is 105 cm³/mol. The van der Waals surface area contributed by atoms with Crippen LogP contribution in [-0.2, 0) is 0 Å². The number of benzene rings is 4. The minimum Gasteiger partial charge on any atom is -0.507 e. The molecule has 4 aromatic rings. The lowest BCUT2D eigenvalue weighted by atomic mass is 9.92. The Labute approximate surface area is 161 Å². The van der Waals surface area contributed by atoms with Crippen molar-refractivity contribution in [2.45, 2.75) is 0 Å². The van der Waals surface area contributed by atoms with E-state index in [9.17, 15) is 10.2 Å². The molecule has 0 aromatic heterocycles. The van der Waals surface area contributed by atoms with Crippen LogP contribution in [0.1, 0.15) is 0 Å². The Bertz CT molecular complexity index is 1100. The van der Waals surface area contributed by atoms with E-state index in [0.29, 0.717) is 11.1 Å². The Morgan fingerprint density at radius 1 is 0.536 bits per heavy atom. The Morgan fingerprint density at radius 3 is 1.21 bits per heavy atom. The highest BCUT2D eigenvalue weighted by Gasteiger charge is 2.16. The lowest BCUT2D eigenvalue weighted by Crippen LogP contribution is -1.86. The number of aliphatic hydroxyl groups excluding tert-OH is 2.